The number of hydrogen-bond acceptors (Lipinski definition) is 4. The maximum Gasteiger partial charge on any atom is 0.344 e. The van der Waals surface area contributed by atoms with Crippen LogP contribution in [-0.2, 0) is 4.79 Å². The Morgan fingerprint density at radius 2 is 1.73 bits per heavy atom. The van der Waals surface area contributed by atoms with Crippen molar-refractivity contribution in [3.05, 3.63) is 60.4 Å². The van der Waals surface area contributed by atoms with Crippen molar-refractivity contribution < 1.29 is 14.4 Å². The van der Waals surface area contributed by atoms with Crippen molar-refractivity contribution in [1.82, 2.24) is 25.3 Å². The van der Waals surface area contributed by atoms with Crippen LogP contribution in [0.25, 0.3) is 16.7 Å². The lowest BCUT2D eigenvalue weighted by atomic mass is 9.82. The van der Waals surface area contributed by atoms with Crippen molar-refractivity contribution in [2.24, 2.45) is 0 Å². The molecule has 1 spiro atoms. The third-order valence-electron chi connectivity index (χ3n) is 5.94. The van der Waals surface area contributed by atoms with Gasteiger partial charge in [0.05, 0.1) is 11.0 Å². The Hall–Kier alpha value is -3.68. The van der Waals surface area contributed by atoms with Crippen molar-refractivity contribution in [3.8, 4) is 5.69 Å². The largest absolute Gasteiger partial charge is 0.344 e. The quantitative estimate of drug-likeness (QED) is 0.657. The molecule has 2 fully saturated rings. The van der Waals surface area contributed by atoms with Gasteiger partial charge in [-0.15, -0.1) is 0 Å². The van der Waals surface area contributed by atoms with Crippen molar-refractivity contribution in [2.75, 3.05) is 0 Å². The number of imidazole rings is 1. The standard InChI is InChI=1S/C22H21N5O3/c28-19(25-27-20(29)22(24-21(27)30)12-4-1-5-13-22)15-8-10-16(11-9-15)26-14-23-17-6-2-3-7-18(17)26/h2-3,6-11,14H,1,4-5,12-13H2,(H,24,30)(H,25,28). The summed E-state index contributed by atoms with van der Waals surface area (Å²) in [6.07, 6.45) is 5.78. The molecular weight excluding hydrogens is 382 g/mol. The summed E-state index contributed by atoms with van der Waals surface area (Å²) in [5, 5.41) is 3.61. The van der Waals surface area contributed by atoms with E-state index in [9.17, 15) is 14.4 Å². The van der Waals surface area contributed by atoms with E-state index in [1.807, 2.05) is 28.8 Å². The number of aromatic nitrogens is 2. The van der Waals surface area contributed by atoms with Crippen molar-refractivity contribution in [1.29, 1.82) is 0 Å². The fraction of sp³-hybridized carbons (Fsp3) is 0.273. The van der Waals surface area contributed by atoms with Gasteiger partial charge in [0.2, 0.25) is 0 Å². The third kappa shape index (κ3) is 2.92. The highest BCUT2D eigenvalue weighted by atomic mass is 16.2. The van der Waals surface area contributed by atoms with Gasteiger partial charge in [0.25, 0.3) is 11.8 Å². The average molecular weight is 403 g/mol. The average Bonchev–Trinajstić information content (AvgIpc) is 3.30. The minimum atomic E-state index is -0.866. The molecule has 3 aromatic rings. The Morgan fingerprint density at radius 1 is 1.00 bits per heavy atom. The second-order valence-electron chi connectivity index (χ2n) is 7.80. The Labute approximate surface area is 172 Å². The first-order chi connectivity index (χ1) is 14.6. The summed E-state index contributed by atoms with van der Waals surface area (Å²) in [5.41, 5.74) is 4.66. The van der Waals surface area contributed by atoms with Gasteiger partial charge in [-0.05, 0) is 49.2 Å². The number of amides is 4. The van der Waals surface area contributed by atoms with Gasteiger partial charge in [0.1, 0.15) is 11.9 Å². The van der Waals surface area contributed by atoms with Crippen LogP contribution in [0.2, 0.25) is 0 Å². The van der Waals surface area contributed by atoms with Gasteiger partial charge < -0.3 is 5.32 Å². The molecule has 1 aliphatic heterocycles. The summed E-state index contributed by atoms with van der Waals surface area (Å²) >= 11 is 0. The number of urea groups is 1. The van der Waals surface area contributed by atoms with Gasteiger partial charge in [-0.1, -0.05) is 31.4 Å². The molecule has 152 valence electrons. The summed E-state index contributed by atoms with van der Waals surface area (Å²) in [5.74, 6) is -0.879. The molecule has 1 aromatic heterocycles. The van der Waals surface area contributed by atoms with Crippen LogP contribution in [-0.4, -0.2) is 37.9 Å². The highest BCUT2D eigenvalue weighted by Crippen LogP contribution is 2.33. The predicted molar refractivity (Wildman–Crippen MR) is 110 cm³/mol. The number of para-hydroxylation sites is 2. The van der Waals surface area contributed by atoms with Gasteiger partial charge in [0.15, 0.2) is 0 Å². The number of carbonyl (C=O) groups is 3. The molecule has 0 bridgehead atoms. The van der Waals surface area contributed by atoms with Gasteiger partial charge in [-0.3, -0.25) is 19.6 Å². The number of nitrogens with one attached hydrogen (secondary N) is 2. The highest BCUT2D eigenvalue weighted by Gasteiger charge is 2.52. The molecule has 30 heavy (non-hydrogen) atoms. The van der Waals surface area contributed by atoms with E-state index >= 15 is 0 Å². The maximum absolute atomic E-state index is 12.8. The molecule has 2 N–H and O–H groups in total. The number of hydrogen-bond donors (Lipinski definition) is 2. The van der Waals surface area contributed by atoms with E-state index in [0.717, 1.165) is 41.0 Å². The summed E-state index contributed by atoms with van der Waals surface area (Å²) in [6.45, 7) is 0. The highest BCUT2D eigenvalue weighted by molar-refractivity contribution is 6.09. The summed E-state index contributed by atoms with van der Waals surface area (Å²) in [4.78, 5) is 42.2. The molecule has 2 aromatic carbocycles. The van der Waals surface area contributed by atoms with Gasteiger partial charge in [-0.2, -0.15) is 5.01 Å². The summed E-state index contributed by atoms with van der Waals surface area (Å²) in [7, 11) is 0. The lowest BCUT2D eigenvalue weighted by Gasteiger charge is -2.30. The molecular formula is C22H21N5O3. The topological polar surface area (TPSA) is 96.3 Å². The first-order valence-corrected chi connectivity index (χ1v) is 10.1. The minimum Gasteiger partial charge on any atom is -0.322 e. The first-order valence-electron chi connectivity index (χ1n) is 10.1. The van der Waals surface area contributed by atoms with Crippen LogP contribution < -0.4 is 10.7 Å². The van der Waals surface area contributed by atoms with Crippen LogP contribution in [0, 0.1) is 0 Å². The Bertz CT molecular complexity index is 1150. The van der Waals surface area contributed by atoms with E-state index in [0.29, 0.717) is 18.4 Å². The zero-order valence-corrected chi connectivity index (χ0v) is 16.3. The van der Waals surface area contributed by atoms with Crippen LogP contribution in [0.3, 0.4) is 0 Å². The van der Waals surface area contributed by atoms with Crippen LogP contribution in [0.1, 0.15) is 42.5 Å². The summed E-state index contributed by atoms with van der Waals surface area (Å²) in [6, 6.07) is 14.1. The number of carbonyl (C=O) groups excluding carboxylic acids is 3. The molecule has 0 atom stereocenters. The number of imide groups is 1. The fourth-order valence-electron chi connectivity index (χ4n) is 4.32. The Morgan fingerprint density at radius 3 is 2.50 bits per heavy atom. The molecule has 2 heterocycles. The lowest BCUT2D eigenvalue weighted by Crippen LogP contribution is -2.50. The lowest BCUT2D eigenvalue weighted by molar-refractivity contribution is -0.134. The normalized spacial score (nSPS) is 18.1. The molecule has 8 heteroatoms. The molecule has 0 radical (unpaired) electrons. The molecule has 4 amide bonds. The van der Waals surface area contributed by atoms with E-state index in [4.69, 9.17) is 0 Å². The van der Waals surface area contributed by atoms with Crippen LogP contribution >= 0.6 is 0 Å². The Kier molecular flexibility index (Phi) is 4.27. The molecule has 1 saturated carbocycles. The van der Waals surface area contributed by atoms with Crippen molar-refractivity contribution in [3.63, 3.8) is 0 Å². The van der Waals surface area contributed by atoms with Crippen LogP contribution in [0.4, 0.5) is 4.79 Å². The van der Waals surface area contributed by atoms with E-state index in [1.165, 1.54) is 0 Å². The van der Waals surface area contributed by atoms with Crippen molar-refractivity contribution >= 4 is 28.9 Å². The maximum atomic E-state index is 12.8. The van der Waals surface area contributed by atoms with E-state index < -0.39 is 17.5 Å². The Balaban J connectivity index is 1.33. The van der Waals surface area contributed by atoms with Gasteiger partial charge in [-0.25, -0.2) is 9.78 Å². The first kappa shape index (κ1) is 18.4. The zero-order chi connectivity index (χ0) is 20.7. The third-order valence-corrected chi connectivity index (χ3v) is 5.94. The smallest absolute Gasteiger partial charge is 0.322 e. The second-order valence-corrected chi connectivity index (χ2v) is 7.80. The van der Waals surface area contributed by atoms with E-state index in [-0.39, 0.29) is 5.91 Å². The number of rotatable bonds is 3. The number of fused-ring (bicyclic) bond motifs is 1. The molecule has 8 nitrogen and oxygen atoms in total. The minimum absolute atomic E-state index is 0.355. The van der Waals surface area contributed by atoms with Crippen molar-refractivity contribution in [2.45, 2.75) is 37.6 Å². The van der Waals surface area contributed by atoms with E-state index in [2.05, 4.69) is 15.7 Å². The van der Waals surface area contributed by atoms with E-state index in [1.54, 1.807) is 30.6 Å². The molecule has 1 saturated heterocycles. The molecule has 0 unspecified atom stereocenters. The summed E-state index contributed by atoms with van der Waals surface area (Å²) < 4.78 is 1.93. The predicted octanol–water partition coefficient (Wildman–Crippen LogP) is 2.93. The number of benzene rings is 2. The molecule has 5 rings (SSSR count). The van der Waals surface area contributed by atoms with Gasteiger partial charge in [0, 0.05) is 11.3 Å². The molecule has 2 aliphatic rings. The molecule has 1 aliphatic carbocycles. The SMILES string of the molecule is O=C(NN1C(=O)NC2(CCCCC2)C1=O)c1ccc(-n2cnc3ccccc32)cc1. The second kappa shape index (κ2) is 6.98. The number of hydrazine groups is 1. The number of nitrogens with zero attached hydrogens (tertiary/aromatic N) is 3. The van der Waals surface area contributed by atoms with Crippen LogP contribution in [0.5, 0.6) is 0 Å². The zero-order valence-electron chi connectivity index (χ0n) is 16.3. The fourth-order valence-corrected chi connectivity index (χ4v) is 4.32. The monoisotopic (exact) mass is 403 g/mol. The van der Waals surface area contributed by atoms with Crippen LogP contribution in [0.15, 0.2) is 54.9 Å². The van der Waals surface area contributed by atoms with Gasteiger partial charge >= 0.3 is 6.03 Å².